The molecule has 0 spiro atoms. The van der Waals surface area contributed by atoms with Gasteiger partial charge in [0.2, 0.25) is 17.7 Å². The molecule has 190 valence electrons. The first-order chi connectivity index (χ1) is 15.3. The summed E-state index contributed by atoms with van der Waals surface area (Å²) in [5, 5.41) is 25.8. The van der Waals surface area contributed by atoms with Crippen molar-refractivity contribution in [2.75, 3.05) is 12.0 Å². The lowest BCUT2D eigenvalue weighted by molar-refractivity contribution is -0.143. The van der Waals surface area contributed by atoms with Gasteiger partial charge >= 0.3 is 11.9 Å². The molecule has 0 bridgehead atoms. The molecule has 0 aromatic heterocycles. The number of nitrogens with two attached hydrogens (primary N) is 1. The zero-order valence-corrected chi connectivity index (χ0v) is 20.7. The fourth-order valence-electron chi connectivity index (χ4n) is 2.97. The molecular formula is C21H38N4O7S. The van der Waals surface area contributed by atoms with E-state index in [9.17, 15) is 29.1 Å². The number of aliphatic carboxylic acids is 2. The van der Waals surface area contributed by atoms with Crippen molar-refractivity contribution in [2.45, 2.75) is 77.5 Å². The molecule has 4 unspecified atom stereocenters. The zero-order valence-electron chi connectivity index (χ0n) is 19.9. The molecule has 33 heavy (non-hydrogen) atoms. The maximum atomic E-state index is 12.9. The Hall–Kier alpha value is -2.34. The van der Waals surface area contributed by atoms with Crippen molar-refractivity contribution in [1.29, 1.82) is 0 Å². The average molecular weight is 491 g/mol. The number of hydrogen-bond acceptors (Lipinski definition) is 7. The van der Waals surface area contributed by atoms with Gasteiger partial charge in [-0.1, -0.05) is 27.7 Å². The largest absolute Gasteiger partial charge is 0.481 e. The number of amides is 3. The summed E-state index contributed by atoms with van der Waals surface area (Å²) >= 11 is 1.41. The standard InChI is InChI=1S/C21H38N4O7S/c1-11(2)10-13(22)18(28)25-17(12(3)4)20(30)23-14(6-7-16(26)27)19(29)24-15(21(31)32)8-9-33-5/h11-15,17H,6-10,22H2,1-5H3,(H,23,30)(H,24,29)(H,25,28)(H,26,27)(H,31,32). The van der Waals surface area contributed by atoms with Gasteiger partial charge in [-0.25, -0.2) is 4.79 Å². The minimum Gasteiger partial charge on any atom is -0.481 e. The third-order valence-electron chi connectivity index (χ3n) is 4.81. The van der Waals surface area contributed by atoms with E-state index in [4.69, 9.17) is 10.8 Å². The van der Waals surface area contributed by atoms with E-state index in [1.165, 1.54) is 11.8 Å². The first-order valence-electron chi connectivity index (χ1n) is 10.9. The molecule has 0 aliphatic heterocycles. The summed E-state index contributed by atoms with van der Waals surface area (Å²) in [6, 6.07) is -4.28. The van der Waals surface area contributed by atoms with Crippen molar-refractivity contribution in [3.8, 4) is 0 Å². The van der Waals surface area contributed by atoms with Crippen LogP contribution < -0.4 is 21.7 Å². The van der Waals surface area contributed by atoms with Crippen molar-refractivity contribution < 1.29 is 34.2 Å². The highest BCUT2D eigenvalue weighted by atomic mass is 32.2. The van der Waals surface area contributed by atoms with Crippen LogP contribution in [-0.2, 0) is 24.0 Å². The summed E-state index contributed by atoms with van der Waals surface area (Å²) < 4.78 is 0. The quantitative estimate of drug-likeness (QED) is 0.175. The van der Waals surface area contributed by atoms with Crippen LogP contribution >= 0.6 is 11.8 Å². The molecule has 0 aliphatic rings. The van der Waals surface area contributed by atoms with E-state index in [2.05, 4.69) is 16.0 Å². The summed E-state index contributed by atoms with van der Waals surface area (Å²) in [6.45, 7) is 7.23. The van der Waals surface area contributed by atoms with E-state index in [1.54, 1.807) is 20.1 Å². The van der Waals surface area contributed by atoms with Gasteiger partial charge in [-0.3, -0.25) is 19.2 Å². The Morgan fingerprint density at radius 1 is 0.848 bits per heavy atom. The van der Waals surface area contributed by atoms with Gasteiger partial charge in [0.1, 0.15) is 18.1 Å². The summed E-state index contributed by atoms with van der Waals surface area (Å²) in [5.74, 6) is -4.08. The third-order valence-corrected chi connectivity index (χ3v) is 5.46. The van der Waals surface area contributed by atoms with Crippen LogP contribution in [0.1, 0.15) is 53.4 Å². The Bertz CT molecular complexity index is 688. The second-order valence-corrected chi connectivity index (χ2v) is 9.63. The Morgan fingerprint density at radius 2 is 1.42 bits per heavy atom. The van der Waals surface area contributed by atoms with E-state index >= 15 is 0 Å². The van der Waals surface area contributed by atoms with Crippen LogP contribution in [0.3, 0.4) is 0 Å². The van der Waals surface area contributed by atoms with Gasteiger partial charge in [0, 0.05) is 6.42 Å². The number of carboxylic acids is 2. The summed E-state index contributed by atoms with van der Waals surface area (Å²) in [6.07, 6.45) is 1.73. The van der Waals surface area contributed by atoms with E-state index in [0.29, 0.717) is 12.2 Å². The van der Waals surface area contributed by atoms with Crippen molar-refractivity contribution in [2.24, 2.45) is 17.6 Å². The molecule has 0 saturated carbocycles. The Labute approximate surface area is 199 Å². The van der Waals surface area contributed by atoms with E-state index in [1.807, 2.05) is 13.8 Å². The molecule has 0 aromatic rings. The van der Waals surface area contributed by atoms with Crippen LogP contribution in [0.4, 0.5) is 0 Å². The molecule has 11 nitrogen and oxygen atoms in total. The number of hydrogen-bond donors (Lipinski definition) is 6. The Morgan fingerprint density at radius 3 is 1.88 bits per heavy atom. The molecule has 12 heteroatoms. The van der Waals surface area contributed by atoms with Crippen molar-refractivity contribution in [3.05, 3.63) is 0 Å². The average Bonchev–Trinajstić information content (AvgIpc) is 2.70. The van der Waals surface area contributed by atoms with Crippen LogP contribution in [0.5, 0.6) is 0 Å². The Kier molecular flexibility index (Phi) is 14.4. The second kappa shape index (κ2) is 15.5. The van der Waals surface area contributed by atoms with Gasteiger partial charge < -0.3 is 31.9 Å². The molecule has 0 fully saturated rings. The minimum atomic E-state index is -1.28. The maximum absolute atomic E-state index is 12.9. The van der Waals surface area contributed by atoms with Gasteiger partial charge in [-0.15, -0.1) is 0 Å². The van der Waals surface area contributed by atoms with Crippen LogP contribution in [0.25, 0.3) is 0 Å². The lowest BCUT2D eigenvalue weighted by Crippen LogP contribution is -2.58. The number of carbonyl (C=O) groups excluding carboxylic acids is 3. The topological polar surface area (TPSA) is 188 Å². The molecular weight excluding hydrogens is 452 g/mol. The monoisotopic (exact) mass is 490 g/mol. The third kappa shape index (κ3) is 12.5. The highest BCUT2D eigenvalue weighted by Gasteiger charge is 2.32. The van der Waals surface area contributed by atoms with E-state index in [0.717, 1.165) is 0 Å². The predicted octanol–water partition coefficient (Wildman–Crippen LogP) is 0.173. The highest BCUT2D eigenvalue weighted by Crippen LogP contribution is 2.09. The van der Waals surface area contributed by atoms with Crippen molar-refractivity contribution in [3.63, 3.8) is 0 Å². The Balaban J connectivity index is 5.45. The van der Waals surface area contributed by atoms with Gasteiger partial charge in [0.25, 0.3) is 0 Å². The first kappa shape index (κ1) is 30.7. The van der Waals surface area contributed by atoms with Crippen LogP contribution in [0.15, 0.2) is 0 Å². The normalized spacial score (nSPS) is 14.8. The summed E-state index contributed by atoms with van der Waals surface area (Å²) in [7, 11) is 0. The van der Waals surface area contributed by atoms with Gasteiger partial charge in [0.05, 0.1) is 6.04 Å². The molecule has 0 saturated heterocycles. The lowest BCUT2D eigenvalue weighted by Gasteiger charge is -2.27. The van der Waals surface area contributed by atoms with Crippen LogP contribution in [0, 0.1) is 11.8 Å². The van der Waals surface area contributed by atoms with Crippen LogP contribution in [0.2, 0.25) is 0 Å². The maximum Gasteiger partial charge on any atom is 0.326 e. The number of thioether (sulfide) groups is 1. The van der Waals surface area contributed by atoms with Crippen LogP contribution in [-0.4, -0.2) is 76.0 Å². The van der Waals surface area contributed by atoms with Crippen molar-refractivity contribution >= 4 is 41.4 Å². The van der Waals surface area contributed by atoms with Gasteiger partial charge in [-0.2, -0.15) is 11.8 Å². The molecule has 0 aromatic carbocycles. The molecule has 7 N–H and O–H groups in total. The summed E-state index contributed by atoms with van der Waals surface area (Å²) in [5.41, 5.74) is 5.89. The molecule has 4 atom stereocenters. The summed E-state index contributed by atoms with van der Waals surface area (Å²) in [4.78, 5) is 60.5. The van der Waals surface area contributed by atoms with E-state index < -0.39 is 60.2 Å². The predicted molar refractivity (Wildman–Crippen MR) is 126 cm³/mol. The number of rotatable bonds is 16. The second-order valence-electron chi connectivity index (χ2n) is 8.64. The zero-order chi connectivity index (χ0) is 25.7. The first-order valence-corrected chi connectivity index (χ1v) is 12.3. The highest BCUT2D eigenvalue weighted by molar-refractivity contribution is 7.98. The fourth-order valence-corrected chi connectivity index (χ4v) is 3.45. The van der Waals surface area contributed by atoms with E-state index in [-0.39, 0.29) is 24.7 Å². The number of nitrogens with one attached hydrogen (secondary N) is 3. The fraction of sp³-hybridized carbons (Fsp3) is 0.762. The molecule has 0 rings (SSSR count). The SMILES string of the molecule is CSCCC(NC(=O)C(CCC(=O)O)NC(=O)C(NC(=O)C(N)CC(C)C)C(C)C)C(=O)O. The van der Waals surface area contributed by atoms with Gasteiger partial charge in [0.15, 0.2) is 0 Å². The van der Waals surface area contributed by atoms with Crippen molar-refractivity contribution in [1.82, 2.24) is 16.0 Å². The lowest BCUT2D eigenvalue weighted by atomic mass is 9.99. The molecule has 0 aliphatic carbocycles. The number of carbonyl (C=O) groups is 5. The molecule has 0 radical (unpaired) electrons. The minimum absolute atomic E-state index is 0.167. The molecule has 3 amide bonds. The smallest absolute Gasteiger partial charge is 0.326 e. The number of carboxylic acid groups (broad SMARTS) is 2. The van der Waals surface area contributed by atoms with Gasteiger partial charge in [-0.05, 0) is 43.1 Å². The molecule has 0 heterocycles.